The molecular weight excluding hydrogens is 382 g/mol. The maximum atomic E-state index is 12.7. The van der Waals surface area contributed by atoms with Crippen molar-refractivity contribution >= 4 is 39.2 Å². The number of hydrogen-bond acceptors (Lipinski definition) is 7. The molecule has 0 radical (unpaired) electrons. The van der Waals surface area contributed by atoms with Crippen molar-refractivity contribution in [1.29, 1.82) is 0 Å². The van der Waals surface area contributed by atoms with Crippen molar-refractivity contribution < 1.29 is 23.5 Å². The Hall–Kier alpha value is -3.13. The van der Waals surface area contributed by atoms with Crippen molar-refractivity contribution in [2.75, 3.05) is 19.0 Å². The highest BCUT2D eigenvalue weighted by Crippen LogP contribution is 2.33. The van der Waals surface area contributed by atoms with Gasteiger partial charge in [-0.05, 0) is 50.6 Å². The zero-order valence-corrected chi connectivity index (χ0v) is 16.7. The summed E-state index contributed by atoms with van der Waals surface area (Å²) < 4.78 is 15.5. The number of esters is 1. The van der Waals surface area contributed by atoms with Gasteiger partial charge in [-0.25, -0.2) is 9.59 Å². The van der Waals surface area contributed by atoms with Crippen molar-refractivity contribution in [2.45, 2.75) is 20.8 Å². The number of hydrogen-bond donors (Lipinski definition) is 1. The Morgan fingerprint density at radius 1 is 1.21 bits per heavy atom. The molecular formula is C20H19NO6S. The maximum absolute atomic E-state index is 12.7. The molecule has 3 rings (SSSR count). The number of anilines is 1. The quantitative estimate of drug-likeness (QED) is 0.514. The Bertz CT molecular complexity index is 1130. The van der Waals surface area contributed by atoms with Crippen LogP contribution in [-0.4, -0.2) is 25.6 Å². The molecule has 2 heterocycles. The number of carbonyl (C=O) groups is 2. The van der Waals surface area contributed by atoms with Crippen LogP contribution in [0.25, 0.3) is 11.0 Å². The van der Waals surface area contributed by atoms with Crippen molar-refractivity contribution in [2.24, 2.45) is 0 Å². The van der Waals surface area contributed by atoms with Crippen molar-refractivity contribution in [1.82, 2.24) is 0 Å². The molecule has 8 heteroatoms. The molecule has 1 N–H and O–H groups in total. The zero-order valence-electron chi connectivity index (χ0n) is 15.9. The first-order chi connectivity index (χ1) is 13.3. The third-order valence-corrected chi connectivity index (χ3v) is 5.40. The lowest BCUT2D eigenvalue weighted by molar-refractivity contribution is 0.0527. The second-order valence-corrected chi connectivity index (χ2v) is 7.24. The summed E-state index contributed by atoms with van der Waals surface area (Å²) in [6.45, 7) is 5.55. The standard InChI is InChI=1S/C20H19NO6S/c1-5-26-20(24)16-10(2)11(3)28-18(16)21-17(22)14-9-12-8-13(25-4)6-7-15(12)27-19(14)23/h6-9H,5H2,1-4H3,(H,21,22). The molecule has 0 fully saturated rings. The van der Waals surface area contributed by atoms with Gasteiger partial charge in [0, 0.05) is 10.3 Å². The van der Waals surface area contributed by atoms with Gasteiger partial charge in [0.25, 0.3) is 5.91 Å². The number of thiophene rings is 1. The van der Waals surface area contributed by atoms with Crippen LogP contribution in [0.5, 0.6) is 5.75 Å². The SMILES string of the molecule is CCOC(=O)c1c(NC(=O)c2cc3cc(OC)ccc3oc2=O)sc(C)c1C. The first-order valence-corrected chi connectivity index (χ1v) is 9.37. The van der Waals surface area contributed by atoms with Crippen LogP contribution < -0.4 is 15.7 Å². The molecule has 0 bridgehead atoms. The summed E-state index contributed by atoms with van der Waals surface area (Å²) in [6.07, 6.45) is 0. The minimum Gasteiger partial charge on any atom is -0.497 e. The summed E-state index contributed by atoms with van der Waals surface area (Å²) in [6, 6.07) is 6.37. The van der Waals surface area contributed by atoms with Gasteiger partial charge in [-0.3, -0.25) is 4.79 Å². The van der Waals surface area contributed by atoms with Gasteiger partial charge in [0.15, 0.2) is 0 Å². The fourth-order valence-electron chi connectivity index (χ4n) is 2.72. The minimum atomic E-state index is -0.766. The molecule has 0 saturated carbocycles. The van der Waals surface area contributed by atoms with Gasteiger partial charge >= 0.3 is 11.6 Å². The number of benzene rings is 1. The van der Waals surface area contributed by atoms with E-state index in [0.29, 0.717) is 27.3 Å². The Morgan fingerprint density at radius 2 is 1.96 bits per heavy atom. The van der Waals surface area contributed by atoms with E-state index in [2.05, 4.69) is 5.32 Å². The highest BCUT2D eigenvalue weighted by Gasteiger charge is 2.23. The Balaban J connectivity index is 2.00. The summed E-state index contributed by atoms with van der Waals surface area (Å²) in [5, 5.41) is 3.54. The van der Waals surface area contributed by atoms with E-state index in [1.54, 1.807) is 32.0 Å². The van der Waals surface area contributed by atoms with E-state index in [9.17, 15) is 14.4 Å². The average Bonchev–Trinajstić information content (AvgIpc) is 2.94. The van der Waals surface area contributed by atoms with Crippen LogP contribution in [0.2, 0.25) is 0 Å². The van der Waals surface area contributed by atoms with E-state index in [1.807, 2.05) is 6.92 Å². The van der Waals surface area contributed by atoms with Gasteiger partial charge in [-0.1, -0.05) is 0 Å². The zero-order chi connectivity index (χ0) is 20.4. The number of rotatable bonds is 5. The smallest absolute Gasteiger partial charge is 0.349 e. The Morgan fingerprint density at radius 3 is 2.64 bits per heavy atom. The molecule has 1 aromatic carbocycles. The number of nitrogens with one attached hydrogen (secondary N) is 1. The lowest BCUT2D eigenvalue weighted by Gasteiger charge is -2.07. The van der Waals surface area contributed by atoms with Crippen LogP contribution in [0.1, 0.15) is 38.1 Å². The molecule has 0 saturated heterocycles. The normalized spacial score (nSPS) is 10.7. The molecule has 3 aromatic rings. The lowest BCUT2D eigenvalue weighted by Crippen LogP contribution is -2.21. The number of methoxy groups -OCH3 is 1. The molecule has 0 aliphatic carbocycles. The lowest BCUT2D eigenvalue weighted by atomic mass is 10.1. The third kappa shape index (κ3) is 3.63. The van der Waals surface area contributed by atoms with Gasteiger partial charge in [0.05, 0.1) is 19.3 Å². The average molecular weight is 401 g/mol. The van der Waals surface area contributed by atoms with Gasteiger partial charge in [0.1, 0.15) is 21.9 Å². The van der Waals surface area contributed by atoms with Gasteiger partial charge in [-0.15, -0.1) is 11.3 Å². The van der Waals surface area contributed by atoms with E-state index in [4.69, 9.17) is 13.9 Å². The Kier molecular flexibility index (Phi) is 5.51. The number of aryl methyl sites for hydroxylation is 1. The Labute approximate surface area is 164 Å². The number of ether oxygens (including phenoxy) is 2. The summed E-state index contributed by atoms with van der Waals surface area (Å²) in [5.74, 6) is -0.609. The van der Waals surface area contributed by atoms with Gasteiger partial charge in [0.2, 0.25) is 0 Å². The predicted octanol–water partition coefficient (Wildman–Crippen LogP) is 3.91. The van der Waals surface area contributed by atoms with Gasteiger partial charge in [-0.2, -0.15) is 0 Å². The van der Waals surface area contributed by atoms with E-state index >= 15 is 0 Å². The molecule has 2 aromatic heterocycles. The number of amides is 1. The van der Waals surface area contributed by atoms with Gasteiger partial charge < -0.3 is 19.2 Å². The number of carbonyl (C=O) groups excluding carboxylic acids is 2. The molecule has 0 unspecified atom stereocenters. The van der Waals surface area contributed by atoms with E-state index in [-0.39, 0.29) is 12.2 Å². The minimum absolute atomic E-state index is 0.167. The second kappa shape index (κ2) is 7.85. The van der Waals surface area contributed by atoms with E-state index < -0.39 is 17.5 Å². The van der Waals surface area contributed by atoms with Crippen LogP contribution in [0, 0.1) is 13.8 Å². The van der Waals surface area contributed by atoms with Crippen LogP contribution in [0.3, 0.4) is 0 Å². The summed E-state index contributed by atoms with van der Waals surface area (Å²) in [4.78, 5) is 38.1. The molecule has 0 aliphatic rings. The highest BCUT2D eigenvalue weighted by atomic mass is 32.1. The highest BCUT2D eigenvalue weighted by molar-refractivity contribution is 7.16. The summed E-state index contributed by atoms with van der Waals surface area (Å²) in [7, 11) is 1.52. The fraction of sp³-hybridized carbons (Fsp3) is 0.250. The molecule has 0 spiro atoms. The van der Waals surface area contributed by atoms with Crippen LogP contribution in [0.15, 0.2) is 33.5 Å². The topological polar surface area (TPSA) is 94.8 Å². The van der Waals surface area contributed by atoms with Crippen LogP contribution in [-0.2, 0) is 4.74 Å². The molecule has 28 heavy (non-hydrogen) atoms. The predicted molar refractivity (Wildman–Crippen MR) is 107 cm³/mol. The molecule has 1 amide bonds. The summed E-state index contributed by atoms with van der Waals surface area (Å²) >= 11 is 1.25. The first-order valence-electron chi connectivity index (χ1n) is 8.56. The van der Waals surface area contributed by atoms with Crippen LogP contribution >= 0.6 is 11.3 Å². The maximum Gasteiger partial charge on any atom is 0.349 e. The van der Waals surface area contributed by atoms with Crippen molar-refractivity contribution in [3.05, 3.63) is 56.3 Å². The molecule has 7 nitrogen and oxygen atoms in total. The fourth-order valence-corrected chi connectivity index (χ4v) is 3.76. The first kappa shape index (κ1) is 19.6. The summed E-state index contributed by atoms with van der Waals surface area (Å²) in [5.41, 5.74) is 0.438. The largest absolute Gasteiger partial charge is 0.497 e. The monoisotopic (exact) mass is 401 g/mol. The van der Waals surface area contributed by atoms with E-state index in [0.717, 1.165) is 10.4 Å². The number of fused-ring (bicyclic) bond motifs is 1. The molecule has 0 atom stereocenters. The molecule has 0 aliphatic heterocycles. The second-order valence-electron chi connectivity index (χ2n) is 6.01. The van der Waals surface area contributed by atoms with E-state index in [1.165, 1.54) is 24.5 Å². The third-order valence-electron chi connectivity index (χ3n) is 4.28. The van der Waals surface area contributed by atoms with Crippen molar-refractivity contribution in [3.63, 3.8) is 0 Å². The van der Waals surface area contributed by atoms with Crippen LogP contribution in [0.4, 0.5) is 5.00 Å². The molecule has 146 valence electrons. The van der Waals surface area contributed by atoms with Crippen molar-refractivity contribution in [3.8, 4) is 5.75 Å².